The van der Waals surface area contributed by atoms with Gasteiger partial charge in [-0.05, 0) is 37.5 Å². The Balaban J connectivity index is 1.57. The third-order valence-corrected chi connectivity index (χ3v) is 3.97. The van der Waals surface area contributed by atoms with Crippen molar-refractivity contribution in [2.75, 3.05) is 30.7 Å². The lowest BCUT2D eigenvalue weighted by Gasteiger charge is -2.31. The van der Waals surface area contributed by atoms with Crippen molar-refractivity contribution in [1.82, 2.24) is 4.90 Å². The molecule has 2 unspecified atom stereocenters. The summed E-state index contributed by atoms with van der Waals surface area (Å²) in [5.74, 6) is -0.0122. The first kappa shape index (κ1) is 13.4. The quantitative estimate of drug-likeness (QED) is 0.818. The van der Waals surface area contributed by atoms with Crippen LogP contribution in [-0.4, -0.2) is 42.6 Å². The van der Waals surface area contributed by atoms with E-state index < -0.39 is 0 Å². The highest BCUT2D eigenvalue weighted by Crippen LogP contribution is 2.26. The molecule has 2 aliphatic rings. The van der Waals surface area contributed by atoms with Gasteiger partial charge in [0.25, 0.3) is 0 Å². The molecule has 1 aromatic carbocycles. The summed E-state index contributed by atoms with van der Waals surface area (Å²) in [4.78, 5) is 14.3. The SMILES string of the molecule is Cc1ccc(NC(=O)CN2CC3CCC(C2)O3)c(N)c1. The van der Waals surface area contributed by atoms with Crippen LogP contribution in [0.4, 0.5) is 11.4 Å². The number of anilines is 2. The molecule has 0 spiro atoms. The number of nitrogens with one attached hydrogen (secondary N) is 1. The number of nitrogens with zero attached hydrogens (tertiary/aromatic N) is 1. The Morgan fingerprint density at radius 3 is 2.75 bits per heavy atom. The van der Waals surface area contributed by atoms with Gasteiger partial charge >= 0.3 is 0 Å². The molecule has 2 heterocycles. The van der Waals surface area contributed by atoms with Crippen LogP contribution in [0.15, 0.2) is 18.2 Å². The Morgan fingerprint density at radius 1 is 1.40 bits per heavy atom. The minimum Gasteiger partial charge on any atom is -0.397 e. The summed E-state index contributed by atoms with van der Waals surface area (Å²) in [6.45, 7) is 4.09. The number of hydrogen-bond donors (Lipinski definition) is 2. The van der Waals surface area contributed by atoms with Gasteiger partial charge in [0.15, 0.2) is 0 Å². The van der Waals surface area contributed by atoms with Crippen LogP contribution in [0.5, 0.6) is 0 Å². The van der Waals surface area contributed by atoms with Crippen LogP contribution >= 0.6 is 0 Å². The number of aryl methyl sites for hydroxylation is 1. The number of morpholine rings is 1. The highest BCUT2D eigenvalue weighted by Gasteiger charge is 2.34. The van der Waals surface area contributed by atoms with Crippen LogP contribution < -0.4 is 11.1 Å². The molecule has 2 atom stereocenters. The Kier molecular flexibility index (Phi) is 3.63. The van der Waals surface area contributed by atoms with Crippen molar-refractivity contribution in [2.45, 2.75) is 32.0 Å². The number of nitrogen functional groups attached to an aromatic ring is 1. The fourth-order valence-electron chi connectivity index (χ4n) is 3.02. The van der Waals surface area contributed by atoms with Gasteiger partial charge in [0.1, 0.15) is 0 Å². The van der Waals surface area contributed by atoms with E-state index in [0.29, 0.717) is 30.1 Å². The zero-order valence-electron chi connectivity index (χ0n) is 11.8. The Labute approximate surface area is 119 Å². The predicted octanol–water partition coefficient (Wildman–Crippen LogP) is 1.38. The van der Waals surface area contributed by atoms with Gasteiger partial charge in [-0.1, -0.05) is 6.07 Å². The summed E-state index contributed by atoms with van der Waals surface area (Å²) in [6.07, 6.45) is 2.86. The van der Waals surface area contributed by atoms with Crippen molar-refractivity contribution in [3.8, 4) is 0 Å². The zero-order chi connectivity index (χ0) is 14.1. The fourth-order valence-corrected chi connectivity index (χ4v) is 3.02. The average Bonchev–Trinajstić information content (AvgIpc) is 2.72. The Bertz CT molecular complexity index is 506. The molecule has 2 saturated heterocycles. The van der Waals surface area contributed by atoms with Crippen molar-refractivity contribution in [3.63, 3.8) is 0 Å². The summed E-state index contributed by atoms with van der Waals surface area (Å²) in [6, 6.07) is 5.66. The van der Waals surface area contributed by atoms with E-state index >= 15 is 0 Å². The summed E-state index contributed by atoms with van der Waals surface area (Å²) in [7, 11) is 0. The number of rotatable bonds is 3. The Morgan fingerprint density at radius 2 is 2.10 bits per heavy atom. The number of hydrogen-bond acceptors (Lipinski definition) is 4. The fraction of sp³-hybridized carbons (Fsp3) is 0.533. The molecule has 5 nitrogen and oxygen atoms in total. The second kappa shape index (κ2) is 5.42. The molecule has 1 aromatic rings. The standard InChI is InChI=1S/C15H21N3O2/c1-10-2-5-14(13(16)6-10)17-15(19)9-18-7-11-3-4-12(8-18)20-11/h2,5-6,11-12H,3-4,7-9,16H2,1H3,(H,17,19). The van der Waals surface area contributed by atoms with Crippen molar-refractivity contribution in [1.29, 1.82) is 0 Å². The molecule has 20 heavy (non-hydrogen) atoms. The number of benzene rings is 1. The summed E-state index contributed by atoms with van der Waals surface area (Å²) >= 11 is 0. The molecule has 1 amide bonds. The van der Waals surface area contributed by atoms with E-state index in [1.165, 1.54) is 0 Å². The summed E-state index contributed by atoms with van der Waals surface area (Å²) in [5, 5.41) is 2.89. The number of carbonyl (C=O) groups excluding carboxylic acids is 1. The molecule has 0 saturated carbocycles. The van der Waals surface area contributed by atoms with E-state index in [1.54, 1.807) is 0 Å². The summed E-state index contributed by atoms with van der Waals surface area (Å²) in [5.41, 5.74) is 8.30. The minimum absolute atomic E-state index is 0.0122. The zero-order valence-corrected chi connectivity index (χ0v) is 11.8. The highest BCUT2D eigenvalue weighted by molar-refractivity contribution is 5.95. The van der Waals surface area contributed by atoms with Crippen molar-refractivity contribution in [2.24, 2.45) is 0 Å². The smallest absolute Gasteiger partial charge is 0.238 e. The normalized spacial score (nSPS) is 25.6. The van der Waals surface area contributed by atoms with Crippen LogP contribution in [0.1, 0.15) is 18.4 Å². The third kappa shape index (κ3) is 2.94. The molecule has 2 fully saturated rings. The van der Waals surface area contributed by atoms with Gasteiger partial charge in [0, 0.05) is 13.1 Å². The topological polar surface area (TPSA) is 67.6 Å². The first-order valence-corrected chi connectivity index (χ1v) is 7.14. The molecule has 5 heteroatoms. The largest absolute Gasteiger partial charge is 0.397 e. The summed E-state index contributed by atoms with van der Waals surface area (Å²) < 4.78 is 5.77. The van der Waals surface area contributed by atoms with Gasteiger partial charge in [-0.15, -0.1) is 0 Å². The number of carbonyl (C=O) groups is 1. The minimum atomic E-state index is -0.0122. The van der Waals surface area contributed by atoms with Crippen LogP contribution in [-0.2, 0) is 9.53 Å². The maximum Gasteiger partial charge on any atom is 0.238 e. The second-order valence-electron chi connectivity index (χ2n) is 5.79. The van der Waals surface area contributed by atoms with Gasteiger partial charge in [-0.3, -0.25) is 9.69 Å². The van der Waals surface area contributed by atoms with E-state index in [2.05, 4.69) is 10.2 Å². The average molecular weight is 275 g/mol. The van der Waals surface area contributed by atoms with Gasteiger partial charge in [0.05, 0.1) is 30.1 Å². The molecular weight excluding hydrogens is 254 g/mol. The molecule has 0 radical (unpaired) electrons. The van der Waals surface area contributed by atoms with Crippen molar-refractivity contribution >= 4 is 17.3 Å². The molecule has 2 bridgehead atoms. The number of likely N-dealkylation sites (tertiary alicyclic amines) is 1. The lowest BCUT2D eigenvalue weighted by Crippen LogP contribution is -2.45. The third-order valence-electron chi connectivity index (χ3n) is 3.97. The molecule has 3 rings (SSSR count). The van der Waals surface area contributed by atoms with Crippen molar-refractivity contribution < 1.29 is 9.53 Å². The molecule has 0 aliphatic carbocycles. The lowest BCUT2D eigenvalue weighted by atomic mass is 10.2. The number of amides is 1. The van der Waals surface area contributed by atoms with Gasteiger partial charge in [0.2, 0.25) is 5.91 Å². The van der Waals surface area contributed by atoms with Gasteiger partial charge < -0.3 is 15.8 Å². The molecule has 0 aromatic heterocycles. The predicted molar refractivity (Wildman–Crippen MR) is 78.6 cm³/mol. The van der Waals surface area contributed by atoms with Crippen LogP contribution in [0.25, 0.3) is 0 Å². The van der Waals surface area contributed by atoms with E-state index in [0.717, 1.165) is 31.5 Å². The maximum atomic E-state index is 12.1. The molecular formula is C15H21N3O2. The van der Waals surface area contributed by atoms with Crippen molar-refractivity contribution in [3.05, 3.63) is 23.8 Å². The van der Waals surface area contributed by atoms with Crippen LogP contribution in [0.2, 0.25) is 0 Å². The molecule has 108 valence electrons. The Hall–Kier alpha value is -1.59. The monoisotopic (exact) mass is 275 g/mol. The second-order valence-corrected chi connectivity index (χ2v) is 5.79. The molecule has 3 N–H and O–H groups in total. The first-order chi connectivity index (χ1) is 9.60. The van der Waals surface area contributed by atoms with Gasteiger partial charge in [-0.25, -0.2) is 0 Å². The lowest BCUT2D eigenvalue weighted by molar-refractivity contribution is -0.119. The van der Waals surface area contributed by atoms with Crippen LogP contribution in [0.3, 0.4) is 0 Å². The van der Waals surface area contributed by atoms with E-state index in [-0.39, 0.29) is 5.91 Å². The number of nitrogens with two attached hydrogens (primary N) is 1. The number of ether oxygens (including phenoxy) is 1. The first-order valence-electron chi connectivity index (χ1n) is 7.14. The van der Waals surface area contributed by atoms with E-state index in [9.17, 15) is 4.79 Å². The highest BCUT2D eigenvalue weighted by atomic mass is 16.5. The van der Waals surface area contributed by atoms with Crippen LogP contribution in [0, 0.1) is 6.92 Å². The van der Waals surface area contributed by atoms with Gasteiger partial charge in [-0.2, -0.15) is 0 Å². The molecule has 2 aliphatic heterocycles. The maximum absolute atomic E-state index is 12.1. The number of fused-ring (bicyclic) bond motifs is 2. The van der Waals surface area contributed by atoms with E-state index in [4.69, 9.17) is 10.5 Å². The van der Waals surface area contributed by atoms with E-state index in [1.807, 2.05) is 25.1 Å².